The number of nitrogens with one attached hydrogen (secondary N) is 2. The molecule has 4 aromatic carbocycles. The molecule has 0 saturated heterocycles. The van der Waals surface area contributed by atoms with Crippen molar-refractivity contribution in [2.75, 3.05) is 12.4 Å². The lowest BCUT2D eigenvalue weighted by Gasteiger charge is -2.23. The average Bonchev–Trinajstić information content (AvgIpc) is 2.89. The van der Waals surface area contributed by atoms with Crippen molar-refractivity contribution < 1.29 is 0 Å². The third-order valence-corrected chi connectivity index (χ3v) is 5.69. The van der Waals surface area contributed by atoms with E-state index in [1.165, 1.54) is 16.7 Å². The maximum absolute atomic E-state index is 5.08. The normalized spacial score (nSPS) is 15.3. The quantitative estimate of drug-likeness (QED) is 0.389. The van der Waals surface area contributed by atoms with E-state index < -0.39 is 0 Å². The first-order chi connectivity index (χ1) is 15.8. The zero-order valence-electron chi connectivity index (χ0n) is 18.0. The van der Waals surface area contributed by atoms with Crippen LogP contribution >= 0.6 is 0 Å². The highest BCUT2D eigenvalue weighted by Crippen LogP contribution is 2.31. The molecule has 4 aromatic rings. The van der Waals surface area contributed by atoms with Gasteiger partial charge in [-0.3, -0.25) is 4.99 Å². The van der Waals surface area contributed by atoms with E-state index in [0.29, 0.717) is 0 Å². The Bertz CT molecular complexity index is 1220. The molecule has 1 unspecified atom stereocenters. The van der Waals surface area contributed by atoms with Gasteiger partial charge in [0, 0.05) is 24.0 Å². The van der Waals surface area contributed by atoms with Crippen molar-refractivity contribution in [1.29, 1.82) is 0 Å². The minimum Gasteiger partial charge on any atom is -0.388 e. The predicted octanol–water partition coefficient (Wildman–Crippen LogP) is 6.53. The molecule has 1 aliphatic rings. The molecule has 0 spiro atoms. The molecule has 0 aliphatic carbocycles. The lowest BCUT2D eigenvalue weighted by Crippen LogP contribution is -2.27. The SMILES string of the molecule is CNc1cccc(-c2cccc(C3C=C(c4ccccc4)NC(c4ccccc4)=N3)c2)c1. The largest absolute Gasteiger partial charge is 0.388 e. The average molecular weight is 416 g/mol. The van der Waals surface area contributed by atoms with Crippen molar-refractivity contribution in [3.05, 3.63) is 132 Å². The zero-order chi connectivity index (χ0) is 21.8. The van der Waals surface area contributed by atoms with Gasteiger partial charge in [0.05, 0.1) is 6.04 Å². The lowest BCUT2D eigenvalue weighted by molar-refractivity contribution is 0.880. The van der Waals surface area contributed by atoms with Crippen LogP contribution in [-0.2, 0) is 0 Å². The van der Waals surface area contributed by atoms with Crippen molar-refractivity contribution in [3.8, 4) is 11.1 Å². The first kappa shape index (κ1) is 19.8. The summed E-state index contributed by atoms with van der Waals surface area (Å²) in [6.45, 7) is 0. The Hall–Kier alpha value is -4.11. The van der Waals surface area contributed by atoms with E-state index >= 15 is 0 Å². The Morgan fingerprint density at radius 2 is 1.28 bits per heavy atom. The van der Waals surface area contributed by atoms with Crippen LogP contribution in [0, 0.1) is 0 Å². The molecular weight excluding hydrogens is 390 g/mol. The molecule has 1 heterocycles. The summed E-state index contributed by atoms with van der Waals surface area (Å²) in [6.07, 6.45) is 2.21. The lowest BCUT2D eigenvalue weighted by atomic mass is 9.97. The Balaban J connectivity index is 1.57. The van der Waals surface area contributed by atoms with E-state index in [0.717, 1.165) is 28.3 Å². The van der Waals surface area contributed by atoms with Gasteiger partial charge >= 0.3 is 0 Å². The van der Waals surface area contributed by atoms with E-state index in [9.17, 15) is 0 Å². The zero-order valence-corrected chi connectivity index (χ0v) is 18.0. The van der Waals surface area contributed by atoms with Crippen LogP contribution < -0.4 is 10.6 Å². The molecule has 3 nitrogen and oxygen atoms in total. The van der Waals surface area contributed by atoms with Crippen molar-refractivity contribution >= 4 is 17.2 Å². The van der Waals surface area contributed by atoms with Crippen LogP contribution in [-0.4, -0.2) is 12.9 Å². The summed E-state index contributed by atoms with van der Waals surface area (Å²) in [6, 6.07) is 37.8. The molecule has 156 valence electrons. The highest BCUT2D eigenvalue weighted by Gasteiger charge is 2.19. The number of hydrogen-bond acceptors (Lipinski definition) is 3. The minimum absolute atomic E-state index is 0.0749. The van der Waals surface area contributed by atoms with Gasteiger partial charge in [0.15, 0.2) is 0 Å². The third kappa shape index (κ3) is 4.19. The van der Waals surface area contributed by atoms with Crippen LogP contribution in [0.4, 0.5) is 5.69 Å². The predicted molar refractivity (Wildman–Crippen MR) is 135 cm³/mol. The van der Waals surface area contributed by atoms with Gasteiger partial charge < -0.3 is 10.6 Å². The van der Waals surface area contributed by atoms with Crippen molar-refractivity contribution in [3.63, 3.8) is 0 Å². The van der Waals surface area contributed by atoms with E-state index in [1.807, 2.05) is 31.3 Å². The number of rotatable bonds is 5. The first-order valence-electron chi connectivity index (χ1n) is 10.9. The summed E-state index contributed by atoms with van der Waals surface area (Å²) in [5, 5.41) is 6.77. The van der Waals surface area contributed by atoms with Gasteiger partial charge in [-0.15, -0.1) is 0 Å². The Kier molecular flexibility index (Phi) is 5.54. The second kappa shape index (κ2) is 8.94. The van der Waals surface area contributed by atoms with Crippen LogP contribution in [0.1, 0.15) is 22.7 Å². The van der Waals surface area contributed by atoms with Crippen molar-refractivity contribution in [2.24, 2.45) is 4.99 Å². The highest BCUT2D eigenvalue weighted by atomic mass is 15.0. The molecule has 3 heteroatoms. The smallest absolute Gasteiger partial charge is 0.133 e. The summed E-state index contributed by atoms with van der Waals surface area (Å²) in [4.78, 5) is 5.08. The van der Waals surface area contributed by atoms with E-state index in [4.69, 9.17) is 4.99 Å². The van der Waals surface area contributed by atoms with Gasteiger partial charge in [-0.05, 0) is 46.5 Å². The molecule has 32 heavy (non-hydrogen) atoms. The van der Waals surface area contributed by atoms with Crippen LogP contribution in [0.3, 0.4) is 0 Å². The van der Waals surface area contributed by atoms with Crippen LogP contribution in [0.15, 0.2) is 120 Å². The van der Waals surface area contributed by atoms with Gasteiger partial charge in [-0.25, -0.2) is 0 Å². The van der Waals surface area contributed by atoms with E-state index in [1.54, 1.807) is 0 Å². The number of anilines is 1. The number of aliphatic imine (C=N–C) groups is 1. The summed E-state index contributed by atoms with van der Waals surface area (Å²) < 4.78 is 0. The maximum Gasteiger partial charge on any atom is 0.133 e. The standard InChI is InChI=1S/C29H25N3/c1-30-26-17-9-15-24(19-26)23-14-8-16-25(18-23)28-20-27(21-10-4-2-5-11-21)31-29(32-28)22-12-6-3-7-13-22/h2-20,28,30H,1H3,(H,31,32). The molecule has 0 aromatic heterocycles. The molecule has 1 atom stereocenters. The maximum atomic E-state index is 5.08. The molecule has 2 N–H and O–H groups in total. The summed E-state index contributed by atoms with van der Waals surface area (Å²) in [5.41, 5.74) is 7.95. The molecule has 0 fully saturated rings. The monoisotopic (exact) mass is 415 g/mol. The fourth-order valence-corrected chi connectivity index (χ4v) is 3.99. The molecule has 0 radical (unpaired) electrons. The molecule has 0 saturated carbocycles. The molecular formula is C29H25N3. The number of benzene rings is 4. The Labute approximate surface area is 189 Å². The van der Waals surface area contributed by atoms with Gasteiger partial charge in [0.2, 0.25) is 0 Å². The number of hydrogen-bond donors (Lipinski definition) is 2. The summed E-state index contributed by atoms with van der Waals surface area (Å²) >= 11 is 0. The van der Waals surface area contributed by atoms with Crippen LogP contribution in [0.2, 0.25) is 0 Å². The fourth-order valence-electron chi connectivity index (χ4n) is 3.99. The topological polar surface area (TPSA) is 36.4 Å². The molecule has 0 bridgehead atoms. The Morgan fingerprint density at radius 3 is 2.00 bits per heavy atom. The van der Waals surface area contributed by atoms with E-state index in [2.05, 4.69) is 102 Å². The molecule has 0 amide bonds. The van der Waals surface area contributed by atoms with E-state index in [-0.39, 0.29) is 6.04 Å². The van der Waals surface area contributed by atoms with Gasteiger partial charge in [-0.1, -0.05) is 91.0 Å². The highest BCUT2D eigenvalue weighted by molar-refractivity contribution is 6.04. The molecule has 1 aliphatic heterocycles. The van der Waals surface area contributed by atoms with Crippen molar-refractivity contribution in [2.45, 2.75) is 6.04 Å². The first-order valence-corrected chi connectivity index (χ1v) is 10.9. The molecule has 5 rings (SSSR count). The Morgan fingerprint density at radius 1 is 0.656 bits per heavy atom. The van der Waals surface area contributed by atoms with Gasteiger partial charge in [0.1, 0.15) is 5.84 Å². The van der Waals surface area contributed by atoms with Gasteiger partial charge in [0.25, 0.3) is 0 Å². The van der Waals surface area contributed by atoms with Crippen LogP contribution in [0.5, 0.6) is 0 Å². The third-order valence-electron chi connectivity index (χ3n) is 5.69. The van der Waals surface area contributed by atoms with Gasteiger partial charge in [-0.2, -0.15) is 0 Å². The second-order valence-electron chi connectivity index (χ2n) is 7.82. The van der Waals surface area contributed by atoms with Crippen LogP contribution in [0.25, 0.3) is 16.8 Å². The fraction of sp³-hybridized carbons (Fsp3) is 0.0690. The summed E-state index contributed by atoms with van der Waals surface area (Å²) in [7, 11) is 1.94. The minimum atomic E-state index is -0.0749. The number of amidine groups is 1. The second-order valence-corrected chi connectivity index (χ2v) is 7.82. The summed E-state index contributed by atoms with van der Waals surface area (Å²) in [5.74, 6) is 0.888. The van der Waals surface area contributed by atoms with Crippen molar-refractivity contribution in [1.82, 2.24) is 5.32 Å². The number of nitrogens with zero attached hydrogens (tertiary/aromatic N) is 1.